The molecule has 0 aliphatic heterocycles. The summed E-state index contributed by atoms with van der Waals surface area (Å²) in [6.45, 7) is 4.18. The molecule has 0 amide bonds. The van der Waals surface area contributed by atoms with Crippen LogP contribution in [-0.2, 0) is 0 Å². The zero-order valence-corrected chi connectivity index (χ0v) is 10.3. The number of hydrogen-bond donors (Lipinski definition) is 0. The van der Waals surface area contributed by atoms with E-state index in [1.165, 1.54) is 22.3 Å². The second-order valence-corrected chi connectivity index (χ2v) is 4.33. The first-order valence-electron chi connectivity index (χ1n) is 5.84. The van der Waals surface area contributed by atoms with Crippen LogP contribution < -0.4 is 0 Å². The summed E-state index contributed by atoms with van der Waals surface area (Å²) in [5, 5.41) is 0. The van der Waals surface area contributed by atoms with Crippen molar-refractivity contribution in [1.82, 2.24) is 0 Å². The first kappa shape index (κ1) is 11.5. The zero-order chi connectivity index (χ0) is 12.3. The average molecular weight is 220 g/mol. The van der Waals surface area contributed by atoms with Gasteiger partial charge in [0.1, 0.15) is 0 Å². The van der Waals surface area contributed by atoms with Gasteiger partial charge in [-0.2, -0.15) is 0 Å². The fourth-order valence-corrected chi connectivity index (χ4v) is 1.97. The minimum Gasteiger partial charge on any atom is -0.119 e. The summed E-state index contributed by atoms with van der Waals surface area (Å²) in [4.78, 5) is 0. The molecule has 1 unspecified atom stereocenters. The van der Waals surface area contributed by atoms with E-state index in [0.29, 0.717) is 0 Å². The molecule has 17 heavy (non-hydrogen) atoms. The lowest BCUT2D eigenvalue weighted by molar-refractivity contribution is 1.01. The standard InChI is InChI=1S/C17H16/c1-4-13(2)15-9-7-10-16(12-15)17-11-6-5-8-14(17)3/h1,5-13H,2-3H3. The molecule has 0 aromatic heterocycles. The van der Waals surface area contributed by atoms with Gasteiger partial charge < -0.3 is 0 Å². The lowest BCUT2D eigenvalue weighted by atomic mass is 9.95. The van der Waals surface area contributed by atoms with E-state index in [4.69, 9.17) is 6.42 Å². The first-order valence-corrected chi connectivity index (χ1v) is 5.84. The van der Waals surface area contributed by atoms with E-state index in [1.54, 1.807) is 0 Å². The molecule has 0 heterocycles. The summed E-state index contributed by atoms with van der Waals surface area (Å²) < 4.78 is 0. The molecule has 0 aliphatic rings. The average Bonchev–Trinajstić information content (AvgIpc) is 2.38. The largest absolute Gasteiger partial charge is 0.119 e. The molecule has 0 saturated carbocycles. The van der Waals surface area contributed by atoms with Crippen LogP contribution in [-0.4, -0.2) is 0 Å². The van der Waals surface area contributed by atoms with Crippen molar-refractivity contribution in [2.75, 3.05) is 0 Å². The van der Waals surface area contributed by atoms with Gasteiger partial charge in [-0.25, -0.2) is 0 Å². The summed E-state index contributed by atoms with van der Waals surface area (Å²) in [6, 6.07) is 16.9. The van der Waals surface area contributed by atoms with Gasteiger partial charge in [0.25, 0.3) is 0 Å². The van der Waals surface area contributed by atoms with Crippen molar-refractivity contribution in [1.29, 1.82) is 0 Å². The van der Waals surface area contributed by atoms with Gasteiger partial charge in [0, 0.05) is 5.92 Å². The lowest BCUT2D eigenvalue weighted by Gasteiger charge is -2.09. The van der Waals surface area contributed by atoms with Gasteiger partial charge in [-0.05, 0) is 42.2 Å². The molecule has 0 fully saturated rings. The Balaban J connectivity index is 2.48. The fourth-order valence-electron chi connectivity index (χ4n) is 1.97. The van der Waals surface area contributed by atoms with Crippen LogP contribution in [0.3, 0.4) is 0 Å². The van der Waals surface area contributed by atoms with E-state index in [2.05, 4.69) is 68.3 Å². The van der Waals surface area contributed by atoms with E-state index in [0.717, 1.165) is 0 Å². The van der Waals surface area contributed by atoms with E-state index in [1.807, 2.05) is 0 Å². The van der Waals surface area contributed by atoms with Gasteiger partial charge in [0.15, 0.2) is 0 Å². The molecular weight excluding hydrogens is 204 g/mol. The molecule has 0 bridgehead atoms. The Bertz CT molecular complexity index is 558. The predicted molar refractivity (Wildman–Crippen MR) is 73.9 cm³/mol. The van der Waals surface area contributed by atoms with Crippen LogP contribution in [0.2, 0.25) is 0 Å². The minimum atomic E-state index is 0.166. The fraction of sp³-hybridized carbons (Fsp3) is 0.176. The van der Waals surface area contributed by atoms with Crippen LogP contribution in [0.4, 0.5) is 0 Å². The highest BCUT2D eigenvalue weighted by Gasteiger charge is 2.05. The molecule has 0 aliphatic carbocycles. The second kappa shape index (κ2) is 4.89. The molecule has 0 heteroatoms. The van der Waals surface area contributed by atoms with E-state index >= 15 is 0 Å². The summed E-state index contributed by atoms with van der Waals surface area (Å²) in [5.41, 5.74) is 5.01. The number of rotatable bonds is 2. The molecule has 2 aromatic rings. The maximum absolute atomic E-state index is 5.47. The number of benzene rings is 2. The van der Waals surface area contributed by atoms with Crippen LogP contribution in [0, 0.1) is 19.3 Å². The highest BCUT2D eigenvalue weighted by Crippen LogP contribution is 2.26. The Hall–Kier alpha value is -2.00. The summed E-state index contributed by atoms with van der Waals surface area (Å²) in [5.74, 6) is 2.94. The van der Waals surface area contributed by atoms with Crippen LogP contribution in [0.15, 0.2) is 48.5 Å². The monoisotopic (exact) mass is 220 g/mol. The predicted octanol–water partition coefficient (Wildman–Crippen LogP) is 4.40. The summed E-state index contributed by atoms with van der Waals surface area (Å²) in [7, 11) is 0. The van der Waals surface area contributed by atoms with Crippen molar-refractivity contribution in [3.05, 3.63) is 59.7 Å². The van der Waals surface area contributed by atoms with E-state index < -0.39 is 0 Å². The molecule has 2 aromatic carbocycles. The summed E-state index contributed by atoms with van der Waals surface area (Å²) >= 11 is 0. The lowest BCUT2D eigenvalue weighted by Crippen LogP contribution is -1.90. The smallest absolute Gasteiger partial charge is 0.0421 e. The third-order valence-electron chi connectivity index (χ3n) is 3.09. The van der Waals surface area contributed by atoms with Crippen molar-refractivity contribution < 1.29 is 0 Å². The van der Waals surface area contributed by atoms with Crippen molar-refractivity contribution in [3.8, 4) is 23.5 Å². The quantitative estimate of drug-likeness (QED) is 0.658. The Kier molecular flexibility index (Phi) is 3.30. The second-order valence-electron chi connectivity index (χ2n) is 4.33. The Morgan fingerprint density at radius 1 is 1.06 bits per heavy atom. The highest BCUT2D eigenvalue weighted by molar-refractivity contribution is 5.67. The Labute approximate surface area is 103 Å². The molecule has 84 valence electrons. The molecular formula is C17H16. The number of hydrogen-bond acceptors (Lipinski definition) is 0. The van der Waals surface area contributed by atoms with Gasteiger partial charge in [-0.3, -0.25) is 0 Å². The molecule has 0 N–H and O–H groups in total. The van der Waals surface area contributed by atoms with Crippen LogP contribution >= 0.6 is 0 Å². The Morgan fingerprint density at radius 3 is 2.53 bits per heavy atom. The maximum Gasteiger partial charge on any atom is 0.0421 e. The van der Waals surface area contributed by atoms with Crippen LogP contribution in [0.25, 0.3) is 11.1 Å². The van der Waals surface area contributed by atoms with Crippen LogP contribution in [0.5, 0.6) is 0 Å². The van der Waals surface area contributed by atoms with Gasteiger partial charge >= 0.3 is 0 Å². The number of terminal acetylenes is 1. The topological polar surface area (TPSA) is 0 Å². The third-order valence-corrected chi connectivity index (χ3v) is 3.09. The molecule has 1 atom stereocenters. The normalized spacial score (nSPS) is 11.8. The van der Waals surface area contributed by atoms with Gasteiger partial charge in [-0.15, -0.1) is 6.42 Å². The SMILES string of the molecule is C#CC(C)c1cccc(-c2ccccc2C)c1. The molecule has 0 spiro atoms. The van der Waals surface area contributed by atoms with E-state index in [-0.39, 0.29) is 5.92 Å². The first-order chi connectivity index (χ1) is 8.22. The van der Waals surface area contributed by atoms with Crippen molar-refractivity contribution >= 4 is 0 Å². The maximum atomic E-state index is 5.47. The molecule has 0 saturated heterocycles. The Morgan fingerprint density at radius 2 is 1.82 bits per heavy atom. The molecule has 0 nitrogen and oxygen atoms in total. The molecule has 0 radical (unpaired) electrons. The zero-order valence-electron chi connectivity index (χ0n) is 10.3. The van der Waals surface area contributed by atoms with Gasteiger partial charge in [-0.1, -0.05) is 48.4 Å². The van der Waals surface area contributed by atoms with Crippen LogP contribution in [0.1, 0.15) is 24.0 Å². The third kappa shape index (κ3) is 2.40. The van der Waals surface area contributed by atoms with E-state index in [9.17, 15) is 0 Å². The van der Waals surface area contributed by atoms with Gasteiger partial charge in [0.05, 0.1) is 0 Å². The number of aryl methyl sites for hydroxylation is 1. The molecule has 2 rings (SSSR count). The highest BCUT2D eigenvalue weighted by atomic mass is 14.1. The van der Waals surface area contributed by atoms with Crippen molar-refractivity contribution in [2.24, 2.45) is 0 Å². The summed E-state index contributed by atoms with van der Waals surface area (Å²) in [6.07, 6.45) is 5.47. The van der Waals surface area contributed by atoms with Crippen molar-refractivity contribution in [2.45, 2.75) is 19.8 Å². The van der Waals surface area contributed by atoms with Gasteiger partial charge in [0.2, 0.25) is 0 Å². The van der Waals surface area contributed by atoms with Crippen molar-refractivity contribution in [3.63, 3.8) is 0 Å². The minimum absolute atomic E-state index is 0.166.